The third-order valence-electron chi connectivity index (χ3n) is 4.78. The summed E-state index contributed by atoms with van der Waals surface area (Å²) in [6.45, 7) is 4.05. The number of rotatable bonds is 3. The van der Waals surface area contributed by atoms with Crippen molar-refractivity contribution in [1.82, 2.24) is 30.0 Å². The summed E-state index contributed by atoms with van der Waals surface area (Å²) in [5.74, 6) is 0.106. The molecule has 2 fully saturated rings. The second-order valence-corrected chi connectivity index (χ2v) is 7.10. The van der Waals surface area contributed by atoms with Crippen LogP contribution in [0.15, 0.2) is 17.8 Å². The Balaban J connectivity index is 1.51. The second kappa shape index (κ2) is 6.37. The van der Waals surface area contributed by atoms with Gasteiger partial charge in [0.25, 0.3) is 5.91 Å². The van der Waals surface area contributed by atoms with Gasteiger partial charge in [0, 0.05) is 19.1 Å². The van der Waals surface area contributed by atoms with E-state index < -0.39 is 0 Å². The standard InChI is InChI=1S/C15H20N6OS/c22-15(14-13(5-9-23-14)21-11-16-17-18-21)20-8-3-4-12(10-20)19-6-1-2-7-19/h5,9,11-12H,1-4,6-8,10H2/t12-/m0/s1. The second-order valence-electron chi connectivity index (χ2n) is 6.18. The first kappa shape index (κ1) is 14.8. The summed E-state index contributed by atoms with van der Waals surface area (Å²) < 4.78 is 1.56. The van der Waals surface area contributed by atoms with Gasteiger partial charge in [0.05, 0.1) is 5.69 Å². The van der Waals surface area contributed by atoms with Crippen LogP contribution in [0.25, 0.3) is 5.69 Å². The molecule has 0 radical (unpaired) electrons. The highest BCUT2D eigenvalue weighted by atomic mass is 32.1. The van der Waals surface area contributed by atoms with E-state index in [4.69, 9.17) is 0 Å². The van der Waals surface area contributed by atoms with Crippen LogP contribution in [0.5, 0.6) is 0 Å². The Bertz CT molecular complexity index is 663. The highest BCUT2D eigenvalue weighted by Gasteiger charge is 2.31. The van der Waals surface area contributed by atoms with Crippen LogP contribution in [0.3, 0.4) is 0 Å². The van der Waals surface area contributed by atoms with Crippen LogP contribution in [-0.2, 0) is 0 Å². The van der Waals surface area contributed by atoms with Gasteiger partial charge in [-0.2, -0.15) is 4.68 Å². The van der Waals surface area contributed by atoms with Crippen LogP contribution < -0.4 is 0 Å². The zero-order valence-corrected chi connectivity index (χ0v) is 13.8. The van der Waals surface area contributed by atoms with Gasteiger partial charge in [0.1, 0.15) is 11.2 Å². The van der Waals surface area contributed by atoms with Crippen LogP contribution >= 0.6 is 11.3 Å². The predicted octanol–water partition coefficient (Wildman–Crippen LogP) is 1.42. The number of hydrogen-bond donors (Lipinski definition) is 0. The molecule has 0 aliphatic carbocycles. The molecule has 8 heteroatoms. The molecule has 0 aromatic carbocycles. The van der Waals surface area contributed by atoms with E-state index in [1.165, 1.54) is 50.0 Å². The van der Waals surface area contributed by atoms with Crippen molar-refractivity contribution in [3.05, 3.63) is 22.7 Å². The van der Waals surface area contributed by atoms with Crippen molar-refractivity contribution in [1.29, 1.82) is 0 Å². The SMILES string of the molecule is O=C(c1sccc1-n1cnnn1)N1CCC[C@H](N2CCCC2)C1. The van der Waals surface area contributed by atoms with Gasteiger partial charge in [-0.15, -0.1) is 16.4 Å². The molecule has 0 spiro atoms. The minimum atomic E-state index is 0.106. The molecule has 1 amide bonds. The molecule has 0 unspecified atom stereocenters. The van der Waals surface area contributed by atoms with Crippen molar-refractivity contribution in [2.24, 2.45) is 0 Å². The Morgan fingerprint density at radius 2 is 2.09 bits per heavy atom. The molecule has 0 saturated carbocycles. The molecule has 122 valence electrons. The van der Waals surface area contributed by atoms with E-state index in [1.54, 1.807) is 4.68 Å². The van der Waals surface area contributed by atoms with Gasteiger partial charge in [-0.1, -0.05) is 0 Å². The first-order valence-electron chi connectivity index (χ1n) is 8.17. The lowest BCUT2D eigenvalue weighted by Gasteiger charge is -2.37. The smallest absolute Gasteiger partial charge is 0.266 e. The van der Waals surface area contributed by atoms with Gasteiger partial charge in [-0.25, -0.2) is 0 Å². The molecule has 4 heterocycles. The quantitative estimate of drug-likeness (QED) is 0.850. The number of hydrogen-bond acceptors (Lipinski definition) is 6. The Morgan fingerprint density at radius 3 is 2.87 bits per heavy atom. The van der Waals surface area contributed by atoms with E-state index in [0.717, 1.165) is 30.1 Å². The maximum atomic E-state index is 13.0. The Kier molecular flexibility index (Phi) is 4.09. The number of aromatic nitrogens is 4. The summed E-state index contributed by atoms with van der Waals surface area (Å²) in [6, 6.07) is 2.42. The Labute approximate surface area is 138 Å². The summed E-state index contributed by atoms with van der Waals surface area (Å²) in [4.78, 5) is 18.3. The molecule has 1 atom stereocenters. The van der Waals surface area contributed by atoms with Crippen molar-refractivity contribution >= 4 is 17.2 Å². The van der Waals surface area contributed by atoms with Crippen LogP contribution in [-0.4, -0.2) is 68.1 Å². The molecular formula is C15H20N6OS. The predicted molar refractivity (Wildman–Crippen MR) is 86.8 cm³/mol. The van der Waals surface area contributed by atoms with Crippen LogP contribution in [0, 0.1) is 0 Å². The van der Waals surface area contributed by atoms with Crippen molar-refractivity contribution in [2.75, 3.05) is 26.2 Å². The van der Waals surface area contributed by atoms with E-state index in [0.29, 0.717) is 6.04 Å². The van der Waals surface area contributed by atoms with Gasteiger partial charge in [-0.3, -0.25) is 9.69 Å². The zero-order valence-electron chi connectivity index (χ0n) is 13.0. The summed E-state index contributed by atoms with van der Waals surface area (Å²) in [5.41, 5.74) is 0.772. The van der Waals surface area contributed by atoms with E-state index in [9.17, 15) is 4.79 Å². The lowest BCUT2D eigenvalue weighted by molar-refractivity contribution is 0.0612. The summed E-state index contributed by atoms with van der Waals surface area (Å²) in [6.07, 6.45) is 6.40. The molecule has 2 aromatic heterocycles. The zero-order chi connectivity index (χ0) is 15.6. The minimum absolute atomic E-state index is 0.106. The normalized spacial score (nSPS) is 22.6. The summed E-state index contributed by atoms with van der Waals surface area (Å²) >= 11 is 1.46. The molecule has 0 N–H and O–H groups in total. The van der Waals surface area contributed by atoms with Crippen LogP contribution in [0.2, 0.25) is 0 Å². The number of amides is 1. The lowest BCUT2D eigenvalue weighted by atomic mass is 10.0. The van der Waals surface area contributed by atoms with Gasteiger partial charge in [0.2, 0.25) is 0 Å². The van der Waals surface area contributed by atoms with E-state index in [-0.39, 0.29) is 5.91 Å². The van der Waals surface area contributed by atoms with E-state index in [2.05, 4.69) is 20.4 Å². The number of nitrogens with zero attached hydrogens (tertiary/aromatic N) is 6. The number of piperidine rings is 1. The fourth-order valence-corrected chi connectivity index (χ4v) is 4.45. The van der Waals surface area contributed by atoms with Crippen LogP contribution in [0.1, 0.15) is 35.4 Å². The number of carbonyl (C=O) groups excluding carboxylic acids is 1. The van der Waals surface area contributed by atoms with Gasteiger partial charge in [-0.05, 0) is 60.6 Å². The third-order valence-corrected chi connectivity index (χ3v) is 5.67. The minimum Gasteiger partial charge on any atom is -0.336 e. The summed E-state index contributed by atoms with van der Waals surface area (Å²) in [5, 5.41) is 13.2. The van der Waals surface area contributed by atoms with Crippen molar-refractivity contribution < 1.29 is 4.79 Å². The average molecular weight is 332 g/mol. The van der Waals surface area contributed by atoms with Crippen molar-refractivity contribution in [2.45, 2.75) is 31.7 Å². The Hall–Kier alpha value is -1.80. The fourth-order valence-electron chi connectivity index (χ4n) is 3.60. The molecule has 2 saturated heterocycles. The highest BCUT2D eigenvalue weighted by Crippen LogP contribution is 2.26. The number of likely N-dealkylation sites (tertiary alicyclic amines) is 2. The van der Waals surface area contributed by atoms with Crippen molar-refractivity contribution in [3.63, 3.8) is 0 Å². The number of thiophene rings is 1. The maximum absolute atomic E-state index is 13.0. The molecule has 23 heavy (non-hydrogen) atoms. The monoisotopic (exact) mass is 332 g/mol. The van der Waals surface area contributed by atoms with E-state index in [1.807, 2.05) is 16.3 Å². The lowest BCUT2D eigenvalue weighted by Crippen LogP contribution is -2.48. The largest absolute Gasteiger partial charge is 0.336 e. The van der Waals surface area contributed by atoms with E-state index >= 15 is 0 Å². The molecule has 4 rings (SSSR count). The molecule has 2 aliphatic heterocycles. The molecule has 0 bridgehead atoms. The topological polar surface area (TPSA) is 67.2 Å². The number of carbonyl (C=O) groups is 1. The molecule has 2 aromatic rings. The van der Waals surface area contributed by atoms with Gasteiger partial charge in [0.15, 0.2) is 0 Å². The van der Waals surface area contributed by atoms with Crippen LogP contribution in [0.4, 0.5) is 0 Å². The molecule has 2 aliphatic rings. The highest BCUT2D eigenvalue weighted by molar-refractivity contribution is 7.12. The first-order valence-corrected chi connectivity index (χ1v) is 9.05. The fraction of sp³-hybridized carbons (Fsp3) is 0.600. The molecular weight excluding hydrogens is 312 g/mol. The van der Waals surface area contributed by atoms with Gasteiger partial charge >= 0.3 is 0 Å². The molecule has 7 nitrogen and oxygen atoms in total. The van der Waals surface area contributed by atoms with Gasteiger partial charge < -0.3 is 4.90 Å². The average Bonchev–Trinajstić information content (AvgIpc) is 3.35. The number of tetrazole rings is 1. The summed E-state index contributed by atoms with van der Waals surface area (Å²) in [7, 11) is 0. The third kappa shape index (κ3) is 2.88. The maximum Gasteiger partial charge on any atom is 0.266 e. The Morgan fingerprint density at radius 1 is 1.22 bits per heavy atom. The first-order chi connectivity index (χ1) is 11.3. The van der Waals surface area contributed by atoms with Crippen molar-refractivity contribution in [3.8, 4) is 5.69 Å².